The number of nitrogens with zero attached hydrogens (tertiary/aromatic N) is 1. The van der Waals surface area contributed by atoms with Crippen molar-refractivity contribution in [2.45, 2.75) is 18.7 Å². The van der Waals surface area contributed by atoms with E-state index in [0.29, 0.717) is 12.4 Å². The summed E-state index contributed by atoms with van der Waals surface area (Å²) in [6, 6.07) is 0. The Labute approximate surface area is 81.4 Å². The van der Waals surface area contributed by atoms with Crippen molar-refractivity contribution in [2.75, 3.05) is 0 Å². The van der Waals surface area contributed by atoms with Crippen molar-refractivity contribution in [3.8, 4) is 0 Å². The SMILES string of the molecule is OC(Cc1c(F)cncc1F)C(F)(F)F. The van der Waals surface area contributed by atoms with Crippen LogP contribution in [0, 0.1) is 11.6 Å². The van der Waals surface area contributed by atoms with Crippen LogP contribution in [0.2, 0.25) is 0 Å². The van der Waals surface area contributed by atoms with Gasteiger partial charge in [-0.15, -0.1) is 0 Å². The lowest BCUT2D eigenvalue weighted by Crippen LogP contribution is -2.31. The number of aliphatic hydroxyl groups is 1. The number of alkyl halides is 3. The monoisotopic (exact) mass is 227 g/mol. The van der Waals surface area contributed by atoms with Crippen LogP contribution in [-0.4, -0.2) is 22.4 Å². The summed E-state index contributed by atoms with van der Waals surface area (Å²) in [4.78, 5) is 3.10. The molecular weight excluding hydrogens is 221 g/mol. The minimum atomic E-state index is -4.90. The van der Waals surface area contributed by atoms with E-state index in [-0.39, 0.29) is 0 Å². The Bertz CT molecular complexity index is 331. The fourth-order valence-electron chi connectivity index (χ4n) is 0.942. The molecule has 0 saturated carbocycles. The van der Waals surface area contributed by atoms with E-state index >= 15 is 0 Å². The van der Waals surface area contributed by atoms with Gasteiger partial charge in [0.15, 0.2) is 6.10 Å². The summed E-state index contributed by atoms with van der Waals surface area (Å²) in [5.41, 5.74) is -0.824. The fraction of sp³-hybridized carbons (Fsp3) is 0.375. The van der Waals surface area contributed by atoms with Gasteiger partial charge >= 0.3 is 6.18 Å². The number of halogens is 5. The molecule has 7 heteroatoms. The first-order valence-corrected chi connectivity index (χ1v) is 3.85. The second-order valence-electron chi connectivity index (χ2n) is 2.84. The smallest absolute Gasteiger partial charge is 0.383 e. The topological polar surface area (TPSA) is 33.1 Å². The van der Waals surface area contributed by atoms with Crippen molar-refractivity contribution >= 4 is 0 Å². The molecule has 0 fully saturated rings. The first-order chi connectivity index (χ1) is 6.82. The highest BCUT2D eigenvalue weighted by Gasteiger charge is 2.39. The molecule has 15 heavy (non-hydrogen) atoms. The van der Waals surface area contributed by atoms with E-state index in [0.717, 1.165) is 0 Å². The molecule has 0 spiro atoms. The van der Waals surface area contributed by atoms with Crippen molar-refractivity contribution in [3.63, 3.8) is 0 Å². The van der Waals surface area contributed by atoms with Gasteiger partial charge in [0.2, 0.25) is 0 Å². The molecule has 2 nitrogen and oxygen atoms in total. The molecule has 0 aliphatic rings. The largest absolute Gasteiger partial charge is 0.414 e. The molecule has 0 bridgehead atoms. The highest BCUT2D eigenvalue weighted by Crippen LogP contribution is 2.24. The molecule has 1 atom stereocenters. The van der Waals surface area contributed by atoms with Gasteiger partial charge in [0.25, 0.3) is 0 Å². The van der Waals surface area contributed by atoms with Gasteiger partial charge < -0.3 is 5.11 Å². The zero-order valence-corrected chi connectivity index (χ0v) is 7.22. The van der Waals surface area contributed by atoms with Gasteiger partial charge in [-0.2, -0.15) is 13.2 Å². The quantitative estimate of drug-likeness (QED) is 0.782. The second kappa shape index (κ2) is 4.09. The summed E-state index contributed by atoms with van der Waals surface area (Å²) in [5.74, 6) is -2.42. The summed E-state index contributed by atoms with van der Waals surface area (Å²) >= 11 is 0. The Morgan fingerprint density at radius 2 is 1.67 bits per heavy atom. The van der Waals surface area contributed by atoms with Crippen LogP contribution in [0.4, 0.5) is 22.0 Å². The lowest BCUT2D eigenvalue weighted by Gasteiger charge is -2.14. The first-order valence-electron chi connectivity index (χ1n) is 3.85. The van der Waals surface area contributed by atoms with E-state index < -0.39 is 35.9 Å². The Balaban J connectivity index is 2.90. The van der Waals surface area contributed by atoms with Gasteiger partial charge in [-0.25, -0.2) is 8.78 Å². The van der Waals surface area contributed by atoms with Gasteiger partial charge in [0.05, 0.1) is 12.4 Å². The molecule has 1 rings (SSSR count). The molecule has 1 heterocycles. The number of hydrogen-bond donors (Lipinski definition) is 1. The standard InChI is InChI=1S/C8H6F5NO/c9-5-2-14-3-6(10)4(5)1-7(15)8(11,12)13/h2-3,7,15H,1H2. The number of hydrogen-bond acceptors (Lipinski definition) is 2. The molecule has 0 radical (unpaired) electrons. The summed E-state index contributed by atoms with van der Waals surface area (Å²) < 4.78 is 61.3. The van der Waals surface area contributed by atoms with Crippen LogP contribution in [0.15, 0.2) is 12.4 Å². The zero-order valence-electron chi connectivity index (χ0n) is 7.22. The molecule has 1 unspecified atom stereocenters. The molecule has 0 aliphatic carbocycles. The van der Waals surface area contributed by atoms with Crippen LogP contribution in [0.5, 0.6) is 0 Å². The summed E-state index contributed by atoms with van der Waals surface area (Å²) in [6.07, 6.45) is -7.68. The van der Waals surface area contributed by atoms with Crippen molar-refractivity contribution in [2.24, 2.45) is 0 Å². The van der Waals surface area contributed by atoms with Gasteiger partial charge in [-0.3, -0.25) is 4.98 Å². The van der Waals surface area contributed by atoms with Gasteiger partial charge in [0, 0.05) is 12.0 Å². The molecule has 1 aromatic heterocycles. The van der Waals surface area contributed by atoms with E-state index in [4.69, 9.17) is 5.11 Å². The maximum absolute atomic E-state index is 12.8. The Morgan fingerprint density at radius 1 is 1.20 bits per heavy atom. The van der Waals surface area contributed by atoms with E-state index in [9.17, 15) is 22.0 Å². The number of pyridine rings is 1. The average molecular weight is 227 g/mol. The zero-order chi connectivity index (χ0) is 11.6. The molecule has 1 N–H and O–H groups in total. The van der Waals surface area contributed by atoms with Crippen molar-refractivity contribution in [3.05, 3.63) is 29.6 Å². The summed E-state index contributed by atoms with van der Waals surface area (Å²) in [7, 11) is 0. The van der Waals surface area contributed by atoms with Crippen LogP contribution in [0.25, 0.3) is 0 Å². The van der Waals surface area contributed by atoms with Gasteiger partial charge in [-0.1, -0.05) is 0 Å². The van der Waals surface area contributed by atoms with E-state index in [1.165, 1.54) is 0 Å². The predicted octanol–water partition coefficient (Wildman–Crippen LogP) is 1.83. The molecule has 0 aromatic carbocycles. The Kier molecular flexibility index (Phi) is 3.23. The molecule has 1 aromatic rings. The summed E-state index contributed by atoms with van der Waals surface area (Å²) in [6.45, 7) is 0. The van der Waals surface area contributed by atoms with Crippen molar-refractivity contribution in [1.29, 1.82) is 0 Å². The molecule has 0 aliphatic heterocycles. The molecular formula is C8H6F5NO. The van der Waals surface area contributed by atoms with Crippen LogP contribution < -0.4 is 0 Å². The van der Waals surface area contributed by atoms with Crippen LogP contribution in [-0.2, 0) is 6.42 Å². The van der Waals surface area contributed by atoms with Crippen LogP contribution in [0.3, 0.4) is 0 Å². The Morgan fingerprint density at radius 3 is 2.07 bits per heavy atom. The molecule has 0 saturated heterocycles. The average Bonchev–Trinajstić information content (AvgIpc) is 2.09. The third-order valence-electron chi connectivity index (χ3n) is 1.73. The highest BCUT2D eigenvalue weighted by molar-refractivity contribution is 5.16. The Hall–Kier alpha value is -1.24. The van der Waals surface area contributed by atoms with Crippen molar-refractivity contribution < 1.29 is 27.1 Å². The van der Waals surface area contributed by atoms with Crippen LogP contribution >= 0.6 is 0 Å². The van der Waals surface area contributed by atoms with E-state index in [1.807, 2.05) is 0 Å². The second-order valence-corrected chi connectivity index (χ2v) is 2.84. The molecule has 0 amide bonds. The highest BCUT2D eigenvalue weighted by atomic mass is 19.4. The van der Waals surface area contributed by atoms with Crippen molar-refractivity contribution in [1.82, 2.24) is 4.98 Å². The maximum atomic E-state index is 12.8. The number of aliphatic hydroxyl groups excluding tert-OH is 1. The number of rotatable bonds is 2. The lowest BCUT2D eigenvalue weighted by molar-refractivity contribution is -0.203. The van der Waals surface area contributed by atoms with E-state index in [2.05, 4.69) is 4.98 Å². The van der Waals surface area contributed by atoms with Crippen LogP contribution in [0.1, 0.15) is 5.56 Å². The first kappa shape index (κ1) is 11.8. The maximum Gasteiger partial charge on any atom is 0.414 e. The molecule has 84 valence electrons. The third kappa shape index (κ3) is 2.85. The minimum absolute atomic E-state index is 0.585. The normalized spacial score (nSPS) is 14.0. The fourth-order valence-corrected chi connectivity index (χ4v) is 0.942. The van der Waals surface area contributed by atoms with E-state index in [1.54, 1.807) is 0 Å². The summed E-state index contributed by atoms with van der Waals surface area (Å²) in [5, 5.41) is 8.61. The lowest BCUT2D eigenvalue weighted by atomic mass is 10.1. The number of aromatic nitrogens is 1. The third-order valence-corrected chi connectivity index (χ3v) is 1.73. The minimum Gasteiger partial charge on any atom is -0.383 e. The predicted molar refractivity (Wildman–Crippen MR) is 39.9 cm³/mol. The van der Waals surface area contributed by atoms with Gasteiger partial charge in [-0.05, 0) is 0 Å². The van der Waals surface area contributed by atoms with Gasteiger partial charge in [0.1, 0.15) is 11.6 Å².